The van der Waals surface area contributed by atoms with Crippen LogP contribution in [0, 0.1) is 5.92 Å². The Balaban J connectivity index is 2.12. The second kappa shape index (κ2) is 6.95. The van der Waals surface area contributed by atoms with Gasteiger partial charge in [-0.3, -0.25) is 4.79 Å². The van der Waals surface area contributed by atoms with E-state index >= 15 is 0 Å². The lowest BCUT2D eigenvalue weighted by molar-refractivity contribution is -0.141. The van der Waals surface area contributed by atoms with Gasteiger partial charge in [-0.2, -0.15) is 0 Å². The van der Waals surface area contributed by atoms with Crippen LogP contribution in [-0.4, -0.2) is 47.7 Å². The number of pyridine rings is 1. The number of hydrogen-bond acceptors (Lipinski definition) is 4. The highest BCUT2D eigenvalue weighted by Crippen LogP contribution is 2.25. The molecular weight excluding hydrogens is 298 g/mol. The van der Waals surface area contributed by atoms with Crippen molar-refractivity contribution in [2.75, 3.05) is 26.0 Å². The first-order chi connectivity index (χ1) is 10.9. The summed E-state index contributed by atoms with van der Waals surface area (Å²) in [7, 11) is 3.11. The van der Waals surface area contributed by atoms with E-state index in [0.717, 1.165) is 10.8 Å². The van der Waals surface area contributed by atoms with E-state index in [0.29, 0.717) is 11.6 Å². The number of urea groups is 1. The van der Waals surface area contributed by atoms with Crippen LogP contribution in [0.2, 0.25) is 0 Å². The maximum atomic E-state index is 12.1. The van der Waals surface area contributed by atoms with Gasteiger partial charge in [0.1, 0.15) is 0 Å². The molecule has 2 rings (SSSR count). The number of anilines is 1. The molecule has 0 saturated heterocycles. The number of carboxylic acids is 1. The molecule has 7 nitrogen and oxygen atoms in total. The molecule has 1 aromatic carbocycles. The number of ether oxygens (including phenoxy) is 1. The average Bonchev–Trinajstić information content (AvgIpc) is 2.53. The quantitative estimate of drug-likeness (QED) is 0.883. The molecule has 0 spiro atoms. The number of hydrogen-bond donors (Lipinski definition) is 2. The van der Waals surface area contributed by atoms with Gasteiger partial charge in [0.25, 0.3) is 0 Å². The van der Waals surface area contributed by atoms with Crippen molar-refractivity contribution < 1.29 is 19.4 Å². The molecule has 0 saturated carbocycles. The normalized spacial score (nSPS) is 11.8. The Kier molecular flexibility index (Phi) is 5.00. The van der Waals surface area contributed by atoms with Crippen molar-refractivity contribution in [3.05, 3.63) is 30.5 Å². The lowest BCUT2D eigenvalue weighted by atomic mass is 10.1. The van der Waals surface area contributed by atoms with Crippen LogP contribution in [0.4, 0.5) is 10.5 Å². The zero-order chi connectivity index (χ0) is 17.0. The number of aromatic nitrogens is 1. The highest BCUT2D eigenvalue weighted by molar-refractivity contribution is 5.95. The fourth-order valence-corrected chi connectivity index (χ4v) is 2.18. The number of carbonyl (C=O) groups is 2. The fourth-order valence-electron chi connectivity index (χ4n) is 2.18. The number of aliphatic carboxylic acids is 1. The summed E-state index contributed by atoms with van der Waals surface area (Å²) in [6.45, 7) is 1.69. The highest BCUT2D eigenvalue weighted by atomic mass is 16.5. The predicted molar refractivity (Wildman–Crippen MR) is 86.7 cm³/mol. The van der Waals surface area contributed by atoms with Gasteiger partial charge in [0, 0.05) is 30.9 Å². The Morgan fingerprint density at radius 2 is 2.13 bits per heavy atom. The molecule has 7 heteroatoms. The van der Waals surface area contributed by atoms with Crippen molar-refractivity contribution in [2.45, 2.75) is 6.92 Å². The number of benzene rings is 1. The molecule has 0 bridgehead atoms. The third-order valence-electron chi connectivity index (χ3n) is 3.49. The van der Waals surface area contributed by atoms with Gasteiger partial charge in [-0.25, -0.2) is 9.78 Å². The summed E-state index contributed by atoms with van der Waals surface area (Å²) in [6, 6.07) is 6.84. The maximum Gasteiger partial charge on any atom is 0.321 e. The number of carboxylic acid groups (broad SMARTS) is 1. The molecule has 122 valence electrons. The first kappa shape index (κ1) is 16.5. The third-order valence-corrected chi connectivity index (χ3v) is 3.49. The second-order valence-electron chi connectivity index (χ2n) is 5.31. The van der Waals surface area contributed by atoms with Gasteiger partial charge in [-0.05, 0) is 29.7 Å². The predicted octanol–water partition coefficient (Wildman–Crippen LogP) is 2.43. The van der Waals surface area contributed by atoms with Crippen molar-refractivity contribution in [3.63, 3.8) is 0 Å². The van der Waals surface area contributed by atoms with Crippen LogP contribution in [-0.2, 0) is 4.79 Å². The fraction of sp³-hybridized carbons (Fsp3) is 0.312. The highest BCUT2D eigenvalue weighted by Gasteiger charge is 2.17. The molecule has 1 unspecified atom stereocenters. The van der Waals surface area contributed by atoms with Crippen LogP contribution in [0.5, 0.6) is 5.88 Å². The van der Waals surface area contributed by atoms with Crippen molar-refractivity contribution >= 4 is 28.5 Å². The minimum Gasteiger partial charge on any atom is -0.481 e. The molecule has 0 aliphatic rings. The number of nitrogens with one attached hydrogen (secondary N) is 1. The average molecular weight is 317 g/mol. The van der Waals surface area contributed by atoms with Gasteiger partial charge in [-0.1, -0.05) is 6.92 Å². The van der Waals surface area contributed by atoms with Gasteiger partial charge in [-0.15, -0.1) is 0 Å². The van der Waals surface area contributed by atoms with Gasteiger partial charge in [0.15, 0.2) is 0 Å². The van der Waals surface area contributed by atoms with E-state index in [2.05, 4.69) is 10.3 Å². The number of rotatable bonds is 5. The molecule has 1 atom stereocenters. The molecule has 0 fully saturated rings. The molecule has 0 radical (unpaired) electrons. The van der Waals surface area contributed by atoms with Crippen molar-refractivity contribution in [1.29, 1.82) is 0 Å². The Bertz CT molecular complexity index is 732. The molecule has 1 heterocycles. The van der Waals surface area contributed by atoms with Crippen molar-refractivity contribution in [3.8, 4) is 5.88 Å². The summed E-state index contributed by atoms with van der Waals surface area (Å²) in [5.74, 6) is -1.04. The Labute approximate surface area is 133 Å². The Morgan fingerprint density at radius 3 is 2.78 bits per heavy atom. The van der Waals surface area contributed by atoms with E-state index in [9.17, 15) is 9.59 Å². The lowest BCUT2D eigenvalue weighted by Crippen LogP contribution is -2.36. The molecule has 0 aliphatic heterocycles. The number of methoxy groups -OCH3 is 1. The number of fused-ring (bicyclic) bond motifs is 1. The van der Waals surface area contributed by atoms with E-state index in [1.807, 2.05) is 18.2 Å². The summed E-state index contributed by atoms with van der Waals surface area (Å²) in [6.07, 6.45) is 1.63. The number of amides is 2. The first-order valence-corrected chi connectivity index (χ1v) is 7.10. The molecule has 0 aliphatic carbocycles. The zero-order valence-corrected chi connectivity index (χ0v) is 13.2. The van der Waals surface area contributed by atoms with Crippen LogP contribution in [0.1, 0.15) is 6.92 Å². The van der Waals surface area contributed by atoms with Crippen molar-refractivity contribution in [1.82, 2.24) is 9.88 Å². The maximum absolute atomic E-state index is 12.1. The van der Waals surface area contributed by atoms with Crippen LogP contribution >= 0.6 is 0 Å². The summed E-state index contributed by atoms with van der Waals surface area (Å²) in [4.78, 5) is 28.4. The Morgan fingerprint density at radius 1 is 1.39 bits per heavy atom. The van der Waals surface area contributed by atoms with Gasteiger partial charge in [0.05, 0.1) is 13.0 Å². The molecule has 1 aromatic heterocycles. The standard InChI is InChI=1S/C16H19N3O4/c1-10(15(20)21)9-19(2)16(22)18-12-4-5-13-11(8-12)6-7-17-14(13)23-3/h4-8,10H,9H2,1-3H3,(H,18,22)(H,20,21). The first-order valence-electron chi connectivity index (χ1n) is 7.10. The molecule has 2 amide bonds. The lowest BCUT2D eigenvalue weighted by Gasteiger charge is -2.20. The molecule has 2 aromatic rings. The third kappa shape index (κ3) is 3.88. The van der Waals surface area contributed by atoms with Gasteiger partial charge < -0.3 is 20.1 Å². The monoisotopic (exact) mass is 317 g/mol. The second-order valence-corrected chi connectivity index (χ2v) is 5.31. The topological polar surface area (TPSA) is 91.8 Å². The van der Waals surface area contributed by atoms with Crippen LogP contribution in [0.25, 0.3) is 10.8 Å². The minimum absolute atomic E-state index is 0.131. The summed E-state index contributed by atoms with van der Waals surface area (Å²) in [5.41, 5.74) is 0.616. The molecular formula is C16H19N3O4. The van der Waals surface area contributed by atoms with Crippen LogP contribution in [0.3, 0.4) is 0 Å². The summed E-state index contributed by atoms with van der Waals surface area (Å²) in [5, 5.41) is 13.4. The van der Waals surface area contributed by atoms with Gasteiger partial charge >= 0.3 is 12.0 Å². The SMILES string of the molecule is COc1nccc2cc(NC(=O)N(C)CC(C)C(=O)O)ccc12. The van der Waals surface area contributed by atoms with E-state index in [1.165, 1.54) is 4.90 Å². The number of carbonyl (C=O) groups excluding carboxylic acids is 1. The largest absolute Gasteiger partial charge is 0.481 e. The molecule has 23 heavy (non-hydrogen) atoms. The number of nitrogens with zero attached hydrogens (tertiary/aromatic N) is 2. The van der Waals surface area contributed by atoms with E-state index < -0.39 is 11.9 Å². The minimum atomic E-state index is -0.935. The van der Waals surface area contributed by atoms with Crippen molar-refractivity contribution in [2.24, 2.45) is 5.92 Å². The Hall–Kier alpha value is -2.83. The summed E-state index contributed by atoms with van der Waals surface area (Å²) < 4.78 is 5.19. The van der Waals surface area contributed by atoms with E-state index in [1.54, 1.807) is 33.3 Å². The smallest absolute Gasteiger partial charge is 0.321 e. The molecule has 2 N–H and O–H groups in total. The van der Waals surface area contributed by atoms with E-state index in [-0.39, 0.29) is 12.6 Å². The van der Waals surface area contributed by atoms with Gasteiger partial charge in [0.2, 0.25) is 5.88 Å². The van der Waals surface area contributed by atoms with Crippen LogP contribution in [0.15, 0.2) is 30.5 Å². The summed E-state index contributed by atoms with van der Waals surface area (Å²) >= 11 is 0. The van der Waals surface area contributed by atoms with E-state index in [4.69, 9.17) is 9.84 Å². The van der Waals surface area contributed by atoms with Crippen LogP contribution < -0.4 is 10.1 Å². The zero-order valence-electron chi connectivity index (χ0n) is 13.2.